The van der Waals surface area contributed by atoms with Crippen LogP contribution in [0.1, 0.15) is 0 Å². The molecule has 0 bridgehead atoms. The highest BCUT2D eigenvalue weighted by Gasteiger charge is 2.18. The van der Waals surface area contributed by atoms with Crippen molar-refractivity contribution in [1.82, 2.24) is 49.9 Å². The minimum atomic E-state index is 0.532. The largest absolute Gasteiger partial charge is 0.419 e. The van der Waals surface area contributed by atoms with E-state index in [-0.39, 0.29) is 0 Å². The second-order valence-electron chi connectivity index (χ2n) is 12.4. The van der Waals surface area contributed by atoms with Crippen molar-refractivity contribution in [2.75, 3.05) is 0 Å². The molecule has 0 amide bonds. The van der Waals surface area contributed by atoms with Crippen molar-refractivity contribution in [3.8, 4) is 33.6 Å². The maximum absolute atomic E-state index is 6.13. The first kappa shape index (κ1) is 27.5. The fraction of sp³-hybridized carbons (Fsp3) is 0. The van der Waals surface area contributed by atoms with Crippen LogP contribution < -0.4 is 0 Å². The molecular weight excluding hydrogens is 637 g/mol. The van der Waals surface area contributed by atoms with Crippen LogP contribution in [0.5, 0.6) is 0 Å². The molecule has 238 valence electrons. The zero-order valence-electron chi connectivity index (χ0n) is 26.6. The molecule has 0 fully saturated rings. The zero-order chi connectivity index (χ0) is 33.5. The highest BCUT2D eigenvalue weighted by molar-refractivity contribution is 6.10. The number of furan rings is 1. The van der Waals surface area contributed by atoms with Crippen molar-refractivity contribution in [3.05, 3.63) is 134 Å². The highest BCUT2D eigenvalue weighted by atomic mass is 16.3. The van der Waals surface area contributed by atoms with Gasteiger partial charge in [0.15, 0.2) is 5.65 Å². The van der Waals surface area contributed by atoms with Gasteiger partial charge in [-0.1, -0.05) is 54.6 Å². The van der Waals surface area contributed by atoms with E-state index in [1.54, 1.807) is 12.4 Å². The van der Waals surface area contributed by atoms with Gasteiger partial charge >= 0.3 is 0 Å². The molecule has 0 aliphatic carbocycles. The van der Waals surface area contributed by atoms with Crippen LogP contribution in [-0.4, -0.2) is 49.9 Å². The lowest BCUT2D eigenvalue weighted by molar-refractivity contribution is 0.640. The minimum Gasteiger partial charge on any atom is -0.419 e. The van der Waals surface area contributed by atoms with Crippen LogP contribution in [0.2, 0.25) is 0 Å². The third kappa shape index (κ3) is 4.12. The van der Waals surface area contributed by atoms with Crippen LogP contribution >= 0.6 is 0 Å². The third-order valence-corrected chi connectivity index (χ3v) is 9.59. The van der Waals surface area contributed by atoms with Crippen molar-refractivity contribution in [3.63, 3.8) is 0 Å². The second kappa shape index (κ2) is 10.5. The fourth-order valence-corrected chi connectivity index (χ4v) is 7.26. The van der Waals surface area contributed by atoms with Crippen molar-refractivity contribution in [1.29, 1.82) is 0 Å². The Bertz CT molecular complexity index is 2940. The van der Waals surface area contributed by atoms with Crippen LogP contribution in [0, 0.1) is 0 Å². The lowest BCUT2D eigenvalue weighted by Crippen LogP contribution is -1.96. The van der Waals surface area contributed by atoms with E-state index >= 15 is 0 Å². The predicted molar refractivity (Wildman–Crippen MR) is 196 cm³/mol. The summed E-state index contributed by atoms with van der Waals surface area (Å²) in [6, 6.07) is 37.3. The van der Waals surface area contributed by atoms with Crippen molar-refractivity contribution >= 4 is 66.1 Å². The van der Waals surface area contributed by atoms with Gasteiger partial charge in [-0.15, -0.1) is 20.4 Å². The normalized spacial score (nSPS) is 11.9. The van der Waals surface area contributed by atoms with Gasteiger partial charge in [-0.3, -0.25) is 4.57 Å². The van der Waals surface area contributed by atoms with Crippen molar-refractivity contribution in [2.24, 2.45) is 0 Å². The summed E-state index contributed by atoms with van der Waals surface area (Å²) in [5, 5.41) is 29.6. The monoisotopic (exact) mass is 658 g/mol. The highest BCUT2D eigenvalue weighted by Crippen LogP contribution is 2.38. The molecular formula is C40H22N10O. The summed E-state index contributed by atoms with van der Waals surface area (Å²) in [5.41, 5.74) is 11.5. The van der Waals surface area contributed by atoms with Gasteiger partial charge in [-0.05, 0) is 76.2 Å². The van der Waals surface area contributed by atoms with Crippen LogP contribution in [0.3, 0.4) is 0 Å². The summed E-state index contributed by atoms with van der Waals surface area (Å²) >= 11 is 0. The molecule has 0 atom stereocenters. The first-order valence-corrected chi connectivity index (χ1v) is 16.3. The molecule has 4 aromatic carbocycles. The number of fused-ring (bicyclic) bond motifs is 9. The average Bonchev–Trinajstić information content (AvgIpc) is 3.85. The van der Waals surface area contributed by atoms with Crippen LogP contribution in [-0.2, 0) is 0 Å². The fourth-order valence-electron chi connectivity index (χ4n) is 7.26. The Labute approximate surface area is 287 Å². The average molecular weight is 659 g/mol. The zero-order valence-corrected chi connectivity index (χ0v) is 26.6. The lowest BCUT2D eigenvalue weighted by Gasteiger charge is -2.08. The maximum Gasteiger partial charge on any atom is 0.229 e. The summed E-state index contributed by atoms with van der Waals surface area (Å²) < 4.78 is 10.4. The van der Waals surface area contributed by atoms with Crippen molar-refractivity contribution < 1.29 is 4.42 Å². The molecule has 0 saturated heterocycles. The number of para-hydroxylation sites is 2. The molecule has 0 saturated carbocycles. The Morgan fingerprint density at radius 2 is 1.02 bits per heavy atom. The molecule has 0 spiro atoms. The lowest BCUT2D eigenvalue weighted by atomic mass is 10.0. The maximum atomic E-state index is 6.13. The molecule has 0 aliphatic rings. The minimum absolute atomic E-state index is 0.532. The molecule has 11 rings (SSSR count). The molecule has 0 aliphatic heterocycles. The molecule has 51 heavy (non-hydrogen) atoms. The van der Waals surface area contributed by atoms with E-state index in [9.17, 15) is 0 Å². The molecule has 11 aromatic rings. The van der Waals surface area contributed by atoms with Crippen LogP contribution in [0.15, 0.2) is 138 Å². The van der Waals surface area contributed by atoms with Gasteiger partial charge in [-0.25, -0.2) is 9.97 Å². The number of hydrogen-bond acceptors (Lipinski definition) is 9. The first-order chi connectivity index (χ1) is 25.3. The van der Waals surface area contributed by atoms with Gasteiger partial charge in [0.25, 0.3) is 0 Å². The van der Waals surface area contributed by atoms with Crippen LogP contribution in [0.4, 0.5) is 0 Å². The van der Waals surface area contributed by atoms with E-state index in [0.29, 0.717) is 11.4 Å². The van der Waals surface area contributed by atoms with E-state index in [4.69, 9.17) is 14.4 Å². The number of benzene rings is 4. The SMILES string of the molecule is c1ccc(-n2c3cc(-c4cnc5oc6ncc(-c7ccc8c9cnnnc9n(-c9ccccc9)c8c7)cc6c5c4)ccc3c3nnncc32)cc1. The molecule has 0 unspecified atom stereocenters. The number of aromatic nitrogens is 10. The second-order valence-corrected chi connectivity index (χ2v) is 12.4. The Kier molecular flexibility index (Phi) is 5.70. The van der Waals surface area contributed by atoms with E-state index in [1.807, 2.05) is 48.8 Å². The Balaban J connectivity index is 1.07. The first-order valence-electron chi connectivity index (χ1n) is 16.3. The smallest absolute Gasteiger partial charge is 0.229 e. The van der Waals surface area contributed by atoms with E-state index < -0.39 is 0 Å². The predicted octanol–water partition coefficient (Wildman–Crippen LogP) is 8.27. The summed E-state index contributed by atoms with van der Waals surface area (Å²) in [4.78, 5) is 9.49. The number of rotatable bonds is 4. The molecule has 0 N–H and O–H groups in total. The summed E-state index contributed by atoms with van der Waals surface area (Å²) in [7, 11) is 0. The molecule has 11 nitrogen and oxygen atoms in total. The number of pyridine rings is 2. The Morgan fingerprint density at radius 1 is 0.431 bits per heavy atom. The Morgan fingerprint density at radius 3 is 1.71 bits per heavy atom. The van der Waals surface area contributed by atoms with Gasteiger partial charge in [0.05, 0.1) is 39.7 Å². The standard InChI is InChI=1S/C40H22N10O/c1-3-7-27(8-4-1)49-35-18-24(12-14-30(35)37-36(49)22-44-47-45-37)26-16-32-31-15-25(19-41-39(31)51-40(32)42-20-26)23-11-13-29-33-21-43-48-46-38(33)50(34(29)17-23)28-9-5-2-6-10-28/h1-22H. The topological polar surface area (TPSA) is 126 Å². The van der Waals surface area contributed by atoms with E-state index in [1.165, 1.54) is 0 Å². The third-order valence-electron chi connectivity index (χ3n) is 9.59. The van der Waals surface area contributed by atoms with E-state index in [2.05, 4.69) is 113 Å². The number of nitrogens with zero attached hydrogens (tertiary/aromatic N) is 10. The van der Waals surface area contributed by atoms with Crippen molar-refractivity contribution in [2.45, 2.75) is 0 Å². The summed E-state index contributed by atoms with van der Waals surface area (Å²) in [6.07, 6.45) is 7.22. The molecule has 0 radical (unpaired) electrons. The molecule has 7 aromatic heterocycles. The van der Waals surface area contributed by atoms with Gasteiger partial charge in [0.1, 0.15) is 5.52 Å². The quantitative estimate of drug-likeness (QED) is 0.184. The summed E-state index contributed by atoms with van der Waals surface area (Å²) in [5.74, 6) is 0. The Hall–Kier alpha value is -7.40. The van der Waals surface area contributed by atoms with E-state index in [0.717, 1.165) is 88.3 Å². The molecule has 11 heteroatoms. The molecule has 7 heterocycles. The van der Waals surface area contributed by atoms with Crippen LogP contribution in [0.25, 0.3) is 99.7 Å². The van der Waals surface area contributed by atoms with Gasteiger partial charge < -0.3 is 8.98 Å². The van der Waals surface area contributed by atoms with Gasteiger partial charge in [0.2, 0.25) is 11.4 Å². The summed E-state index contributed by atoms with van der Waals surface area (Å²) in [6.45, 7) is 0. The number of hydrogen-bond donors (Lipinski definition) is 0. The van der Waals surface area contributed by atoms with Gasteiger partial charge in [-0.2, -0.15) is 0 Å². The van der Waals surface area contributed by atoms with Gasteiger partial charge in [0, 0.05) is 51.1 Å².